The van der Waals surface area contributed by atoms with Gasteiger partial charge in [0.05, 0.1) is 17.3 Å². The van der Waals surface area contributed by atoms with E-state index in [0.717, 1.165) is 0 Å². The topological polar surface area (TPSA) is 194 Å². The third kappa shape index (κ3) is 4.61. The lowest BCUT2D eigenvalue weighted by molar-refractivity contribution is -0.148. The highest BCUT2D eigenvalue weighted by Gasteiger charge is 2.63. The number of nitrogens with zero attached hydrogens (tertiary/aromatic N) is 2. The number of fused-ring (bicyclic) bond motifs is 3. The molecule has 0 aromatic heterocycles. The summed E-state index contributed by atoms with van der Waals surface area (Å²) < 4.78 is 0. The lowest BCUT2D eigenvalue weighted by Crippen LogP contribution is -2.63. The number of carbonyl (C=O) groups is 4. The van der Waals surface area contributed by atoms with E-state index in [0.29, 0.717) is 16.8 Å². The van der Waals surface area contributed by atoms with Gasteiger partial charge >= 0.3 is 0 Å². The number of aromatic hydroxyl groups is 1. The standard InChI is InChI=1S/C32H36N4O8/c1-35(2)20-14-19(34-11-10-21(37)15-8-6-5-7-9-15)26(38)23-17(20)12-16-13-18-25(36(3)4)28(40)24(31(33)43)30(42)32(18,44)29(41)22(16)27(23)39/h5-9,14,16,18,25,34,38,40-41,44H,10-13H2,1-4H3,(H2,33,43). The van der Waals surface area contributed by atoms with Crippen LogP contribution in [0.4, 0.5) is 11.4 Å². The van der Waals surface area contributed by atoms with Crippen LogP contribution in [0, 0.1) is 11.8 Å². The number of nitrogens with two attached hydrogens (primary N) is 1. The fourth-order valence-corrected chi connectivity index (χ4v) is 6.91. The van der Waals surface area contributed by atoms with Gasteiger partial charge in [-0.3, -0.25) is 24.1 Å². The van der Waals surface area contributed by atoms with E-state index in [1.807, 2.05) is 6.07 Å². The molecule has 2 aromatic carbocycles. The summed E-state index contributed by atoms with van der Waals surface area (Å²) in [6, 6.07) is 9.38. The Morgan fingerprint density at radius 1 is 1.07 bits per heavy atom. The van der Waals surface area contributed by atoms with Gasteiger partial charge in [0.1, 0.15) is 22.8 Å². The number of carbonyl (C=O) groups excluding carboxylic acids is 4. The smallest absolute Gasteiger partial charge is 0.255 e. The van der Waals surface area contributed by atoms with E-state index >= 15 is 0 Å². The molecule has 7 N–H and O–H groups in total. The van der Waals surface area contributed by atoms with Crippen molar-refractivity contribution in [3.05, 3.63) is 75.8 Å². The number of ketones is 3. The lowest BCUT2D eigenvalue weighted by atomic mass is 9.58. The van der Waals surface area contributed by atoms with Crippen molar-refractivity contribution in [2.75, 3.05) is 45.0 Å². The van der Waals surface area contributed by atoms with E-state index in [1.54, 1.807) is 63.4 Å². The van der Waals surface area contributed by atoms with Crippen molar-refractivity contribution in [2.24, 2.45) is 17.6 Å². The monoisotopic (exact) mass is 604 g/mol. The van der Waals surface area contributed by atoms with E-state index in [1.165, 1.54) is 4.90 Å². The second-order valence-corrected chi connectivity index (χ2v) is 12.0. The van der Waals surface area contributed by atoms with Gasteiger partial charge in [0.25, 0.3) is 5.91 Å². The first-order valence-corrected chi connectivity index (χ1v) is 14.2. The van der Waals surface area contributed by atoms with Crippen molar-refractivity contribution in [3.63, 3.8) is 0 Å². The lowest BCUT2D eigenvalue weighted by Gasteiger charge is -2.50. The van der Waals surface area contributed by atoms with Crippen LogP contribution in [0.1, 0.15) is 39.1 Å². The molecule has 4 unspecified atom stereocenters. The number of nitrogens with one attached hydrogen (secondary N) is 1. The molecule has 0 spiro atoms. The summed E-state index contributed by atoms with van der Waals surface area (Å²) in [7, 11) is 6.71. The molecule has 5 rings (SSSR count). The third-order valence-corrected chi connectivity index (χ3v) is 8.94. The molecule has 232 valence electrons. The number of phenols is 1. The highest BCUT2D eigenvalue weighted by Crippen LogP contribution is 2.53. The molecule has 3 aliphatic rings. The number of amides is 1. The first kappa shape index (κ1) is 30.8. The maximum Gasteiger partial charge on any atom is 0.255 e. The number of anilines is 2. The fraction of sp³-hybridized carbons (Fsp3) is 0.375. The number of allylic oxidation sites excluding steroid dienone is 1. The number of rotatable bonds is 8. The summed E-state index contributed by atoms with van der Waals surface area (Å²) in [5.41, 5.74) is 3.36. The van der Waals surface area contributed by atoms with Gasteiger partial charge in [0.15, 0.2) is 17.2 Å². The summed E-state index contributed by atoms with van der Waals surface area (Å²) >= 11 is 0. The minimum atomic E-state index is -2.71. The minimum Gasteiger partial charge on any atom is -0.510 e. The summed E-state index contributed by atoms with van der Waals surface area (Å²) in [6.45, 7) is 0.158. The summed E-state index contributed by atoms with van der Waals surface area (Å²) in [5, 5.41) is 48.6. The molecular formula is C32H36N4O8. The molecule has 0 bridgehead atoms. The molecule has 3 aliphatic carbocycles. The minimum absolute atomic E-state index is 0.000983. The number of aliphatic hydroxyl groups excluding tert-OH is 2. The van der Waals surface area contributed by atoms with Crippen LogP contribution in [0.5, 0.6) is 5.75 Å². The van der Waals surface area contributed by atoms with E-state index in [2.05, 4.69) is 5.32 Å². The molecule has 4 atom stereocenters. The predicted molar refractivity (Wildman–Crippen MR) is 162 cm³/mol. The number of hydrogen-bond donors (Lipinski definition) is 6. The van der Waals surface area contributed by atoms with Crippen molar-refractivity contribution in [1.82, 2.24) is 4.90 Å². The van der Waals surface area contributed by atoms with Gasteiger partial charge in [-0.15, -0.1) is 0 Å². The average molecular weight is 605 g/mol. The summed E-state index contributed by atoms with van der Waals surface area (Å²) in [6.07, 6.45) is 0.287. The number of Topliss-reactive ketones (excluding diaryl/α,β-unsaturated/α-hetero) is 3. The van der Waals surface area contributed by atoms with Crippen molar-refractivity contribution in [1.29, 1.82) is 0 Å². The van der Waals surface area contributed by atoms with Crippen LogP contribution in [0.15, 0.2) is 59.1 Å². The van der Waals surface area contributed by atoms with Gasteiger partial charge in [-0.25, -0.2) is 0 Å². The Kier molecular flexibility index (Phi) is 7.77. The first-order chi connectivity index (χ1) is 20.7. The zero-order chi connectivity index (χ0) is 32.2. The quantitative estimate of drug-likeness (QED) is 0.146. The molecule has 0 radical (unpaired) electrons. The number of aliphatic hydroxyl groups is 3. The van der Waals surface area contributed by atoms with E-state index in [9.17, 15) is 39.6 Å². The Bertz CT molecular complexity index is 1640. The highest BCUT2D eigenvalue weighted by molar-refractivity contribution is 6.25. The van der Waals surface area contributed by atoms with Gasteiger partial charge in [0, 0.05) is 49.8 Å². The van der Waals surface area contributed by atoms with Crippen LogP contribution in [0.3, 0.4) is 0 Å². The third-order valence-electron chi connectivity index (χ3n) is 8.94. The van der Waals surface area contributed by atoms with Crippen LogP contribution in [-0.4, -0.2) is 95.0 Å². The van der Waals surface area contributed by atoms with E-state index < -0.39 is 63.8 Å². The molecule has 0 saturated carbocycles. The van der Waals surface area contributed by atoms with E-state index in [4.69, 9.17) is 5.73 Å². The molecule has 0 aliphatic heterocycles. The molecule has 12 nitrogen and oxygen atoms in total. The van der Waals surface area contributed by atoms with Crippen LogP contribution < -0.4 is 16.0 Å². The molecule has 44 heavy (non-hydrogen) atoms. The average Bonchev–Trinajstić information content (AvgIpc) is 2.96. The summed E-state index contributed by atoms with van der Waals surface area (Å²) in [5.74, 6) is -7.17. The van der Waals surface area contributed by atoms with Crippen molar-refractivity contribution >= 4 is 34.6 Å². The van der Waals surface area contributed by atoms with Crippen LogP contribution in [-0.2, 0) is 16.0 Å². The van der Waals surface area contributed by atoms with Gasteiger partial charge in [-0.05, 0) is 44.5 Å². The number of benzene rings is 2. The van der Waals surface area contributed by atoms with Gasteiger partial charge in [-0.1, -0.05) is 30.3 Å². The van der Waals surface area contributed by atoms with Gasteiger partial charge in [0.2, 0.25) is 5.78 Å². The Morgan fingerprint density at radius 3 is 2.32 bits per heavy atom. The maximum absolute atomic E-state index is 14.1. The second-order valence-electron chi connectivity index (χ2n) is 12.0. The highest BCUT2D eigenvalue weighted by atomic mass is 16.3. The van der Waals surface area contributed by atoms with Gasteiger partial charge in [-0.2, -0.15) is 0 Å². The van der Waals surface area contributed by atoms with Gasteiger partial charge < -0.3 is 36.4 Å². The number of hydrogen-bond acceptors (Lipinski definition) is 11. The Morgan fingerprint density at radius 2 is 1.73 bits per heavy atom. The number of phenolic OH excluding ortho intramolecular Hbond substituents is 1. The molecular weight excluding hydrogens is 568 g/mol. The fourth-order valence-electron chi connectivity index (χ4n) is 6.91. The van der Waals surface area contributed by atoms with Crippen molar-refractivity contribution in [2.45, 2.75) is 30.9 Å². The zero-order valence-electron chi connectivity index (χ0n) is 24.9. The molecule has 0 heterocycles. The summed E-state index contributed by atoms with van der Waals surface area (Å²) in [4.78, 5) is 55.7. The molecule has 1 amide bonds. The Labute approximate surface area is 254 Å². The molecule has 0 saturated heterocycles. The van der Waals surface area contributed by atoms with Crippen molar-refractivity contribution < 1.29 is 39.6 Å². The van der Waals surface area contributed by atoms with Crippen molar-refractivity contribution in [3.8, 4) is 5.75 Å². The number of primary amides is 1. The van der Waals surface area contributed by atoms with Crippen LogP contribution in [0.25, 0.3) is 0 Å². The van der Waals surface area contributed by atoms with Crippen LogP contribution in [0.2, 0.25) is 0 Å². The Balaban J connectivity index is 1.57. The molecule has 2 aromatic rings. The molecule has 12 heteroatoms. The maximum atomic E-state index is 14.1. The predicted octanol–water partition coefficient (Wildman–Crippen LogP) is 1.87. The van der Waals surface area contributed by atoms with Crippen LogP contribution >= 0.6 is 0 Å². The zero-order valence-corrected chi connectivity index (χ0v) is 24.9. The Hall–Kier alpha value is -4.68. The normalized spacial score (nSPS) is 24.5. The molecule has 0 fully saturated rings. The SMILES string of the molecule is CN(C)c1cc(NCCC(=O)c2ccccc2)c(O)c2c1CC1CC3C(N(C)C)C(O)=C(C(N)=O)C(=O)C3(O)C(O)=C1C2=O. The van der Waals surface area contributed by atoms with E-state index in [-0.39, 0.29) is 48.4 Å². The number of likely N-dealkylation sites (N-methyl/N-ethyl adjacent to an activating group) is 1. The largest absolute Gasteiger partial charge is 0.510 e. The first-order valence-electron chi connectivity index (χ1n) is 14.2. The second kappa shape index (κ2) is 11.1.